The quantitative estimate of drug-likeness (QED) is 0.742. The topological polar surface area (TPSA) is 59.1 Å². The number of likely N-dealkylation sites (tertiary alicyclic amines) is 1. The van der Waals surface area contributed by atoms with Gasteiger partial charge < -0.3 is 9.47 Å². The molecule has 0 spiro atoms. The van der Waals surface area contributed by atoms with Gasteiger partial charge in [-0.25, -0.2) is 4.79 Å². The van der Waals surface area contributed by atoms with Crippen molar-refractivity contribution in [3.8, 4) is 0 Å². The second kappa shape index (κ2) is 8.22. The third-order valence-corrected chi connectivity index (χ3v) is 4.21. The van der Waals surface area contributed by atoms with Gasteiger partial charge in [-0.1, -0.05) is 28.2 Å². The number of methoxy groups -OCH3 is 1. The first-order chi connectivity index (χ1) is 12.1. The lowest BCUT2D eigenvalue weighted by molar-refractivity contribution is -0.156. The van der Waals surface area contributed by atoms with Crippen LogP contribution in [-0.2, 0) is 20.8 Å². The minimum atomic E-state index is -1.07. The van der Waals surface area contributed by atoms with E-state index in [0.717, 1.165) is 0 Å². The van der Waals surface area contributed by atoms with Gasteiger partial charge >= 0.3 is 6.09 Å². The number of ether oxygens (including phenoxy) is 2. The molecule has 1 fully saturated rings. The smallest absolute Gasteiger partial charge is 0.411 e. The van der Waals surface area contributed by atoms with Crippen LogP contribution in [0.1, 0.15) is 32.8 Å². The van der Waals surface area contributed by atoms with Crippen LogP contribution in [0.5, 0.6) is 0 Å². The highest BCUT2D eigenvalue weighted by Crippen LogP contribution is 2.26. The Hall–Kier alpha value is -1.86. The van der Waals surface area contributed by atoms with Crippen molar-refractivity contribution in [2.75, 3.05) is 13.7 Å². The molecule has 0 aliphatic carbocycles. The first-order valence-electron chi connectivity index (χ1n) is 8.36. The van der Waals surface area contributed by atoms with Gasteiger partial charge in [0.15, 0.2) is 0 Å². The summed E-state index contributed by atoms with van der Waals surface area (Å²) in [5, 5.41) is 0.541. The third-order valence-electron chi connectivity index (χ3n) is 3.98. The molecule has 1 aromatic carbocycles. The molecule has 26 heavy (non-hydrogen) atoms. The number of carbonyl (C=O) groups excluding carboxylic acids is 2. The molecule has 0 aromatic heterocycles. The van der Waals surface area contributed by atoms with Crippen molar-refractivity contribution in [2.45, 2.75) is 51.5 Å². The van der Waals surface area contributed by atoms with Crippen LogP contribution in [0.3, 0.4) is 0 Å². The summed E-state index contributed by atoms with van der Waals surface area (Å²) in [6, 6.07) is 5.52. The number of benzene rings is 1. The van der Waals surface area contributed by atoms with Crippen LogP contribution in [-0.4, -0.2) is 53.4 Å². The van der Waals surface area contributed by atoms with Gasteiger partial charge in [-0.15, -0.1) is 0 Å². The maximum Gasteiger partial charge on any atom is 0.411 e. The zero-order valence-corrected chi connectivity index (χ0v) is 16.1. The van der Waals surface area contributed by atoms with Crippen molar-refractivity contribution in [1.82, 2.24) is 10.0 Å². The Labute approximate surface area is 157 Å². The monoisotopic (exact) mass is 386 g/mol. The molecule has 6 nitrogen and oxygen atoms in total. The number of carbonyl (C=O) groups is 2. The Balaban J connectivity index is 2.14. The fraction of sp³-hybridized carbons (Fsp3) is 0.556. The molecule has 0 N–H and O–H groups in total. The lowest BCUT2D eigenvalue weighted by Gasteiger charge is -2.30. The molecule has 1 aliphatic rings. The Morgan fingerprint density at radius 1 is 1.38 bits per heavy atom. The normalized spacial score (nSPS) is 20.2. The van der Waals surface area contributed by atoms with E-state index in [1.165, 1.54) is 12.0 Å². The summed E-state index contributed by atoms with van der Waals surface area (Å²) in [4.78, 5) is 26.3. The maximum absolute atomic E-state index is 14.6. The van der Waals surface area contributed by atoms with E-state index < -0.39 is 29.7 Å². The van der Waals surface area contributed by atoms with Crippen LogP contribution in [0, 0.1) is 0 Å². The summed E-state index contributed by atoms with van der Waals surface area (Å²) >= 11 is 5.89. The standard InChI is InChI=1S/C18H24ClFN2O4/c1-18(2,3)26-17(24)21-9-8-14(25-4)15(21)16(23)22(20)11-12-6-5-7-13(19)10-12/h5-7,10,14-15H,8-9,11H2,1-4H3/t14-,15+/m1/s1. The fourth-order valence-electron chi connectivity index (χ4n) is 2.85. The Bertz CT molecular complexity index is 665. The summed E-state index contributed by atoms with van der Waals surface area (Å²) in [6.07, 6.45) is -0.823. The lowest BCUT2D eigenvalue weighted by atomic mass is 10.1. The zero-order valence-electron chi connectivity index (χ0n) is 15.4. The molecule has 0 saturated carbocycles. The van der Waals surface area contributed by atoms with E-state index >= 15 is 0 Å². The maximum atomic E-state index is 14.6. The van der Waals surface area contributed by atoms with E-state index in [1.54, 1.807) is 45.0 Å². The van der Waals surface area contributed by atoms with E-state index in [1.807, 2.05) is 0 Å². The number of amides is 2. The molecule has 1 aliphatic heterocycles. The number of rotatable bonds is 4. The molecular weight excluding hydrogens is 363 g/mol. The average molecular weight is 387 g/mol. The van der Waals surface area contributed by atoms with Gasteiger partial charge in [0.2, 0.25) is 0 Å². The molecule has 2 amide bonds. The van der Waals surface area contributed by atoms with Crippen molar-refractivity contribution in [1.29, 1.82) is 0 Å². The lowest BCUT2D eigenvalue weighted by Crippen LogP contribution is -2.51. The third kappa shape index (κ3) is 5.08. The van der Waals surface area contributed by atoms with Crippen LogP contribution < -0.4 is 0 Å². The van der Waals surface area contributed by atoms with Crippen molar-refractivity contribution in [3.05, 3.63) is 34.9 Å². The summed E-state index contributed by atoms with van der Waals surface area (Å²) in [7, 11) is 1.43. The largest absolute Gasteiger partial charge is 0.444 e. The molecule has 2 atom stereocenters. The Morgan fingerprint density at radius 3 is 2.65 bits per heavy atom. The van der Waals surface area contributed by atoms with E-state index in [-0.39, 0.29) is 18.2 Å². The van der Waals surface area contributed by atoms with Crippen molar-refractivity contribution < 1.29 is 23.5 Å². The summed E-state index contributed by atoms with van der Waals surface area (Å²) in [5.41, 5.74) is -0.171. The molecule has 144 valence electrons. The molecule has 1 heterocycles. The molecule has 0 radical (unpaired) electrons. The zero-order chi connectivity index (χ0) is 19.5. The summed E-state index contributed by atoms with van der Waals surface area (Å²) in [5.74, 6) is -0.847. The first-order valence-corrected chi connectivity index (χ1v) is 8.74. The number of halogens is 2. The van der Waals surface area contributed by atoms with Gasteiger partial charge in [-0.2, -0.15) is 5.12 Å². The Morgan fingerprint density at radius 2 is 2.08 bits per heavy atom. The molecule has 1 aromatic rings. The van der Waals surface area contributed by atoms with Crippen LogP contribution in [0.2, 0.25) is 5.02 Å². The van der Waals surface area contributed by atoms with E-state index in [0.29, 0.717) is 17.0 Å². The van der Waals surface area contributed by atoms with Gasteiger partial charge in [-0.05, 0) is 44.9 Å². The molecule has 2 rings (SSSR count). The SMILES string of the molecule is CO[C@@H]1CCN(C(=O)OC(C)(C)C)[C@@H]1C(=O)N(F)Cc1cccc(Cl)c1. The van der Waals surface area contributed by atoms with Crippen molar-refractivity contribution in [3.63, 3.8) is 0 Å². The van der Waals surface area contributed by atoms with Crippen molar-refractivity contribution >= 4 is 23.6 Å². The molecule has 8 heteroatoms. The highest BCUT2D eigenvalue weighted by Gasteiger charge is 2.45. The molecule has 1 saturated heterocycles. The van der Waals surface area contributed by atoms with Crippen LogP contribution in [0.4, 0.5) is 9.28 Å². The van der Waals surface area contributed by atoms with Gasteiger partial charge in [-0.3, -0.25) is 9.69 Å². The minimum absolute atomic E-state index is 0.0883. The van der Waals surface area contributed by atoms with E-state index in [4.69, 9.17) is 21.1 Å². The summed E-state index contributed by atoms with van der Waals surface area (Å²) in [6.45, 7) is 5.17. The highest BCUT2D eigenvalue weighted by molar-refractivity contribution is 6.30. The predicted octanol–water partition coefficient (Wildman–Crippen LogP) is 3.58. The summed E-state index contributed by atoms with van der Waals surface area (Å²) < 4.78 is 25.2. The van der Waals surface area contributed by atoms with Crippen LogP contribution in [0.25, 0.3) is 0 Å². The first kappa shape index (κ1) is 20.5. The number of nitrogens with zero attached hydrogens (tertiary/aromatic N) is 2. The van der Waals surface area contributed by atoms with E-state index in [9.17, 15) is 14.1 Å². The molecule has 0 bridgehead atoms. The fourth-order valence-corrected chi connectivity index (χ4v) is 3.06. The van der Waals surface area contributed by atoms with Gasteiger partial charge in [0.25, 0.3) is 5.91 Å². The Kier molecular flexibility index (Phi) is 6.47. The second-order valence-electron chi connectivity index (χ2n) is 7.17. The molecule has 0 unspecified atom stereocenters. The second-order valence-corrected chi connectivity index (χ2v) is 7.61. The molecular formula is C18H24ClFN2O4. The number of hydrogen-bond acceptors (Lipinski definition) is 4. The van der Waals surface area contributed by atoms with Crippen LogP contribution >= 0.6 is 11.6 Å². The van der Waals surface area contributed by atoms with Gasteiger partial charge in [0, 0.05) is 18.7 Å². The van der Waals surface area contributed by atoms with Gasteiger partial charge in [0.1, 0.15) is 11.6 Å². The van der Waals surface area contributed by atoms with Crippen molar-refractivity contribution in [2.24, 2.45) is 0 Å². The number of hydrogen-bond donors (Lipinski definition) is 0. The van der Waals surface area contributed by atoms with Crippen LogP contribution in [0.15, 0.2) is 24.3 Å². The average Bonchev–Trinajstić information content (AvgIpc) is 2.96. The minimum Gasteiger partial charge on any atom is -0.444 e. The van der Waals surface area contributed by atoms with Gasteiger partial charge in [0.05, 0.1) is 12.6 Å². The predicted molar refractivity (Wildman–Crippen MR) is 95.3 cm³/mol. The van der Waals surface area contributed by atoms with E-state index in [2.05, 4.69) is 0 Å². The highest BCUT2D eigenvalue weighted by atomic mass is 35.5.